The summed E-state index contributed by atoms with van der Waals surface area (Å²) < 4.78 is 11.5. The van der Waals surface area contributed by atoms with Gasteiger partial charge in [-0.25, -0.2) is 9.79 Å². The Labute approximate surface area is 263 Å². The van der Waals surface area contributed by atoms with Crippen LogP contribution in [0.25, 0.3) is 0 Å². The van der Waals surface area contributed by atoms with Crippen molar-refractivity contribution in [2.24, 2.45) is 4.99 Å². The third kappa shape index (κ3) is 6.64. The fraction of sp³-hybridized carbons (Fsp3) is 0.182. The largest absolute Gasteiger partial charge is 0.474 e. The van der Waals surface area contributed by atoms with E-state index in [4.69, 9.17) is 26.1 Å². The van der Waals surface area contributed by atoms with Crippen molar-refractivity contribution in [2.75, 3.05) is 26.8 Å². The minimum atomic E-state index is -1.96. The van der Waals surface area contributed by atoms with Crippen LogP contribution in [0.3, 0.4) is 0 Å². The molecule has 1 unspecified atom stereocenters. The monoisotopic (exact) mass is 626 g/mol. The first-order chi connectivity index (χ1) is 21.3. The van der Waals surface area contributed by atoms with Gasteiger partial charge in [0.25, 0.3) is 11.6 Å². The summed E-state index contributed by atoms with van der Waals surface area (Å²) in [5.41, 5.74) is 1.01. The van der Waals surface area contributed by atoms with Gasteiger partial charge in [-0.1, -0.05) is 95.7 Å². The summed E-state index contributed by atoms with van der Waals surface area (Å²) in [6, 6.07) is 30.6. The van der Waals surface area contributed by atoms with Gasteiger partial charge in [-0.15, -0.1) is 0 Å². The van der Waals surface area contributed by atoms with Crippen LogP contribution in [-0.2, 0) is 25.7 Å². The van der Waals surface area contributed by atoms with E-state index in [1.807, 2.05) is 60.7 Å². The molecule has 1 aliphatic rings. The lowest BCUT2D eigenvalue weighted by Crippen LogP contribution is -2.68. The van der Waals surface area contributed by atoms with Crippen LogP contribution in [0.4, 0.5) is 0 Å². The number of methoxy groups -OCH3 is 1. The zero-order valence-electron chi connectivity index (χ0n) is 23.7. The van der Waals surface area contributed by atoms with Gasteiger partial charge in [-0.05, 0) is 29.8 Å². The van der Waals surface area contributed by atoms with E-state index in [-0.39, 0.29) is 26.2 Å². The van der Waals surface area contributed by atoms with Crippen LogP contribution < -0.4 is 4.74 Å². The van der Waals surface area contributed by atoms with Crippen molar-refractivity contribution in [1.82, 2.24) is 9.80 Å². The van der Waals surface area contributed by atoms with Crippen molar-refractivity contribution in [3.05, 3.63) is 124 Å². The Balaban J connectivity index is 1.62. The molecule has 44 heavy (non-hydrogen) atoms. The van der Waals surface area contributed by atoms with Gasteiger partial charge < -0.3 is 19.3 Å². The van der Waals surface area contributed by atoms with E-state index < -0.39 is 23.4 Å². The molecule has 0 aliphatic carbocycles. The topological polar surface area (TPSA) is 112 Å². The Kier molecular flexibility index (Phi) is 9.38. The molecule has 222 valence electrons. The van der Waals surface area contributed by atoms with Gasteiger partial charge in [0, 0.05) is 17.7 Å². The number of rotatable bonds is 9. The predicted molar refractivity (Wildman–Crippen MR) is 166 cm³/mol. The third-order valence-electron chi connectivity index (χ3n) is 7.05. The van der Waals surface area contributed by atoms with Gasteiger partial charge in [-0.3, -0.25) is 9.59 Å². The maximum atomic E-state index is 14.0. The van der Waals surface area contributed by atoms with E-state index in [1.165, 1.54) is 28.2 Å². The molecular formula is C33H27ClN4O5S. The molecule has 5 rings (SSSR count). The van der Waals surface area contributed by atoms with Crippen LogP contribution >= 0.6 is 22.9 Å². The van der Waals surface area contributed by atoms with Crippen LogP contribution in [-0.4, -0.2) is 65.8 Å². The Morgan fingerprint density at radius 3 is 2.16 bits per heavy atom. The molecule has 3 aromatic carbocycles. The number of hydrogen-bond donors (Lipinski definition) is 0. The number of esters is 1. The Morgan fingerprint density at radius 1 is 0.977 bits per heavy atom. The molecule has 11 heteroatoms. The van der Waals surface area contributed by atoms with Crippen LogP contribution in [0.15, 0.2) is 102 Å². The molecule has 0 N–H and O–H groups in total. The Morgan fingerprint density at radius 2 is 1.61 bits per heavy atom. The number of thiophene rings is 1. The van der Waals surface area contributed by atoms with E-state index in [2.05, 4.69) is 6.07 Å². The predicted octanol–water partition coefficient (Wildman–Crippen LogP) is 4.93. The van der Waals surface area contributed by atoms with Crippen molar-refractivity contribution >= 4 is 46.4 Å². The van der Waals surface area contributed by atoms with Crippen LogP contribution in [0, 0.1) is 11.3 Å². The number of nitrogens with zero attached hydrogens (tertiary/aromatic N) is 4. The molecule has 1 aromatic heterocycles. The minimum absolute atomic E-state index is 0.0216. The number of hydrogen-bond acceptors (Lipinski definition) is 8. The smallest absolute Gasteiger partial charge is 0.356 e. The molecule has 4 aromatic rings. The lowest BCUT2D eigenvalue weighted by molar-refractivity contribution is -0.172. The van der Waals surface area contributed by atoms with Crippen LogP contribution in [0.2, 0.25) is 4.34 Å². The molecular weight excluding hydrogens is 600 g/mol. The standard InChI is InChI=1S/C33H27ClN4O5S/c1-42-32(41)33(36-31(25-8-4-2-5-9-25)26-10-6-3-7-11-26)22-37(29(40)21-43-30-17-16-27(34)44-30)20-28(39)38(33)19-24-14-12-23(18-35)13-15-24/h2-17H,19-22H2,1H3. The number of nitriles is 1. The number of halogens is 1. The highest BCUT2D eigenvalue weighted by Crippen LogP contribution is 2.32. The highest BCUT2D eigenvalue weighted by Gasteiger charge is 2.54. The molecule has 1 saturated heterocycles. The second kappa shape index (κ2) is 13.5. The lowest BCUT2D eigenvalue weighted by Gasteiger charge is -2.46. The van der Waals surface area contributed by atoms with Crippen molar-refractivity contribution in [1.29, 1.82) is 5.26 Å². The third-order valence-corrected chi connectivity index (χ3v) is 8.20. The summed E-state index contributed by atoms with van der Waals surface area (Å²) in [7, 11) is 1.22. The van der Waals surface area contributed by atoms with Crippen molar-refractivity contribution in [3.8, 4) is 11.1 Å². The summed E-state index contributed by atoms with van der Waals surface area (Å²) in [5.74, 6) is -1.83. The normalized spacial score (nSPS) is 16.2. The Hall–Kier alpha value is -4.98. The SMILES string of the molecule is COC(=O)C1(N=C(c2ccccc2)c2ccccc2)CN(C(=O)COc2ccc(Cl)s2)CC(=O)N1Cc1ccc(C#N)cc1. The number of carbonyl (C=O) groups is 3. The fourth-order valence-electron chi connectivity index (χ4n) is 4.88. The fourth-order valence-corrected chi connectivity index (χ4v) is 5.75. The van der Waals surface area contributed by atoms with E-state index in [0.29, 0.717) is 37.4 Å². The quantitative estimate of drug-likeness (QED) is 0.192. The number of benzene rings is 3. The first-order valence-corrected chi connectivity index (χ1v) is 14.8. The van der Waals surface area contributed by atoms with Crippen LogP contribution in [0.5, 0.6) is 5.06 Å². The summed E-state index contributed by atoms with van der Waals surface area (Å²) in [4.78, 5) is 49.0. The number of aliphatic imine (C=N–C) groups is 1. The molecule has 9 nitrogen and oxygen atoms in total. The molecule has 0 saturated carbocycles. The van der Waals surface area contributed by atoms with E-state index in [0.717, 1.165) is 0 Å². The number of piperazine rings is 1. The first-order valence-electron chi connectivity index (χ1n) is 13.6. The summed E-state index contributed by atoms with van der Waals surface area (Å²) >= 11 is 7.17. The highest BCUT2D eigenvalue weighted by molar-refractivity contribution is 7.17. The van der Waals surface area contributed by atoms with Gasteiger partial charge in [0.2, 0.25) is 5.91 Å². The second-order valence-electron chi connectivity index (χ2n) is 9.89. The average molecular weight is 627 g/mol. The van der Waals surface area contributed by atoms with Gasteiger partial charge in [0.15, 0.2) is 11.7 Å². The van der Waals surface area contributed by atoms with E-state index in [9.17, 15) is 19.6 Å². The summed E-state index contributed by atoms with van der Waals surface area (Å²) in [6.07, 6.45) is 0. The molecule has 0 radical (unpaired) electrons. The molecule has 1 aliphatic heterocycles. The highest BCUT2D eigenvalue weighted by atomic mass is 35.5. The maximum Gasteiger partial charge on any atom is 0.356 e. The van der Waals surface area contributed by atoms with E-state index in [1.54, 1.807) is 36.4 Å². The number of carbonyl (C=O) groups excluding carboxylic acids is 3. The maximum absolute atomic E-state index is 14.0. The summed E-state index contributed by atoms with van der Waals surface area (Å²) in [6.45, 7) is -0.973. The van der Waals surface area contributed by atoms with Crippen LogP contribution in [0.1, 0.15) is 22.3 Å². The molecule has 1 fully saturated rings. The first kappa shape index (κ1) is 30.5. The molecule has 1 atom stereocenters. The number of ether oxygens (including phenoxy) is 2. The summed E-state index contributed by atoms with van der Waals surface area (Å²) in [5, 5.41) is 9.69. The van der Waals surface area contributed by atoms with E-state index >= 15 is 0 Å². The van der Waals surface area contributed by atoms with Gasteiger partial charge in [0.1, 0.15) is 6.54 Å². The molecule has 2 heterocycles. The van der Waals surface area contributed by atoms with Gasteiger partial charge >= 0.3 is 5.97 Å². The molecule has 0 spiro atoms. The Bertz CT molecular complexity index is 1680. The average Bonchev–Trinajstić information content (AvgIpc) is 3.49. The van der Waals surface area contributed by atoms with Gasteiger partial charge in [0.05, 0.1) is 35.3 Å². The number of amides is 2. The van der Waals surface area contributed by atoms with Crippen molar-refractivity contribution in [3.63, 3.8) is 0 Å². The molecule has 2 amide bonds. The second-order valence-corrected chi connectivity index (χ2v) is 11.6. The van der Waals surface area contributed by atoms with Gasteiger partial charge in [-0.2, -0.15) is 5.26 Å². The minimum Gasteiger partial charge on any atom is -0.474 e. The zero-order valence-corrected chi connectivity index (χ0v) is 25.3. The lowest BCUT2D eigenvalue weighted by atomic mass is 9.98. The van der Waals surface area contributed by atoms with Crippen molar-refractivity contribution < 1.29 is 23.9 Å². The van der Waals surface area contributed by atoms with Crippen molar-refractivity contribution in [2.45, 2.75) is 12.2 Å². The molecule has 0 bridgehead atoms. The zero-order chi connectivity index (χ0) is 31.1.